The average Bonchev–Trinajstić information content (AvgIpc) is 2.82. The lowest BCUT2D eigenvalue weighted by Crippen LogP contribution is -2.18. The van der Waals surface area contributed by atoms with Crippen molar-refractivity contribution < 1.29 is 18.7 Å². The van der Waals surface area contributed by atoms with Crippen LogP contribution in [0.4, 0.5) is 10.1 Å². The second-order valence-electron chi connectivity index (χ2n) is 7.31. The lowest BCUT2D eigenvalue weighted by molar-refractivity contribution is -0.121. The second-order valence-corrected chi connectivity index (χ2v) is 8.12. The summed E-state index contributed by atoms with van der Waals surface area (Å²) in [7, 11) is 0. The van der Waals surface area contributed by atoms with E-state index in [1.165, 1.54) is 18.3 Å². The minimum atomic E-state index is -0.294. The maximum Gasteiger partial charge on any atom is 0.240 e. The van der Waals surface area contributed by atoms with Crippen LogP contribution in [0.3, 0.4) is 0 Å². The first-order chi connectivity index (χ1) is 16.4. The van der Waals surface area contributed by atoms with Crippen molar-refractivity contribution in [1.29, 1.82) is 0 Å². The summed E-state index contributed by atoms with van der Waals surface area (Å²) < 4.78 is 18.6. The van der Waals surface area contributed by atoms with Crippen LogP contribution in [0.15, 0.2) is 71.8 Å². The summed E-state index contributed by atoms with van der Waals surface area (Å²) in [6.07, 6.45) is 2.21. The molecule has 2 N–H and O–H groups in total. The number of nitrogens with zero attached hydrogens (tertiary/aromatic N) is 1. The third-order valence-corrected chi connectivity index (χ3v) is 5.35. The van der Waals surface area contributed by atoms with Gasteiger partial charge in [-0.2, -0.15) is 5.10 Å². The van der Waals surface area contributed by atoms with Gasteiger partial charge in [-0.15, -0.1) is 0 Å². The lowest BCUT2D eigenvalue weighted by atomic mass is 10.2. The van der Waals surface area contributed by atoms with Gasteiger partial charge in [0.05, 0.1) is 16.3 Å². The van der Waals surface area contributed by atoms with Gasteiger partial charge in [-0.3, -0.25) is 9.59 Å². The second kappa shape index (κ2) is 12.7. The molecule has 0 unspecified atom stereocenters. The van der Waals surface area contributed by atoms with E-state index < -0.39 is 0 Å². The molecule has 0 spiro atoms. The Morgan fingerprint density at radius 1 is 0.912 bits per heavy atom. The zero-order chi connectivity index (χ0) is 24.3. The Labute approximate surface area is 206 Å². The van der Waals surface area contributed by atoms with E-state index in [0.717, 1.165) is 11.1 Å². The number of nitrogens with one attached hydrogen (secondary N) is 2. The monoisotopic (exact) mass is 501 g/mol. The van der Waals surface area contributed by atoms with Crippen LogP contribution < -0.4 is 15.5 Å². The van der Waals surface area contributed by atoms with Crippen molar-refractivity contribution in [2.45, 2.75) is 25.9 Å². The minimum Gasteiger partial charge on any atom is -0.489 e. The number of hydrazone groups is 1. The molecule has 3 aromatic carbocycles. The predicted molar refractivity (Wildman–Crippen MR) is 132 cm³/mol. The van der Waals surface area contributed by atoms with E-state index in [4.69, 9.17) is 27.9 Å². The number of ether oxygens (including phenoxy) is 1. The molecule has 176 valence electrons. The molecule has 0 atom stereocenters. The van der Waals surface area contributed by atoms with Crippen molar-refractivity contribution >= 4 is 46.9 Å². The first-order valence-corrected chi connectivity index (χ1v) is 11.2. The van der Waals surface area contributed by atoms with Crippen LogP contribution in [0.5, 0.6) is 5.75 Å². The molecular formula is C25H22Cl2FN3O3. The molecule has 0 radical (unpaired) electrons. The van der Waals surface area contributed by atoms with E-state index in [-0.39, 0.29) is 30.5 Å². The van der Waals surface area contributed by atoms with E-state index in [1.54, 1.807) is 54.6 Å². The fraction of sp³-hybridized carbons (Fsp3) is 0.160. The molecule has 9 heteroatoms. The van der Waals surface area contributed by atoms with Crippen LogP contribution in [0, 0.1) is 5.82 Å². The number of anilines is 1. The molecule has 0 aliphatic heterocycles. The van der Waals surface area contributed by atoms with E-state index in [0.29, 0.717) is 34.5 Å². The quantitative estimate of drug-likeness (QED) is 0.265. The Bertz CT molecular complexity index is 1150. The van der Waals surface area contributed by atoms with Crippen molar-refractivity contribution in [3.63, 3.8) is 0 Å². The number of rotatable bonds is 10. The Hall–Kier alpha value is -3.42. The number of carbonyl (C=O) groups excluding carboxylic acids is 2. The molecule has 34 heavy (non-hydrogen) atoms. The van der Waals surface area contributed by atoms with Crippen LogP contribution in [0.1, 0.15) is 30.4 Å². The van der Waals surface area contributed by atoms with Crippen molar-refractivity contribution in [1.82, 2.24) is 5.43 Å². The highest BCUT2D eigenvalue weighted by molar-refractivity contribution is 6.42. The zero-order valence-corrected chi connectivity index (χ0v) is 19.6. The van der Waals surface area contributed by atoms with Gasteiger partial charge in [0.2, 0.25) is 11.8 Å². The standard InChI is InChI=1S/C25H22Cl2FN3O3/c26-22-13-10-20(14-23(22)27)30-24(32)2-1-3-25(33)31-29-15-17-6-11-21(12-7-17)34-16-18-4-8-19(28)9-5-18/h4-15H,1-3,16H2,(H,30,32)(H,31,33)/b29-15-. The van der Waals surface area contributed by atoms with Gasteiger partial charge in [-0.1, -0.05) is 35.3 Å². The number of halogens is 3. The lowest BCUT2D eigenvalue weighted by Gasteiger charge is -2.06. The number of carbonyl (C=O) groups is 2. The normalized spacial score (nSPS) is 10.8. The molecule has 3 rings (SSSR count). The molecule has 2 amide bonds. The van der Waals surface area contributed by atoms with Gasteiger partial charge >= 0.3 is 0 Å². The number of amides is 2. The van der Waals surface area contributed by atoms with Gasteiger partial charge in [-0.05, 0) is 72.1 Å². The van der Waals surface area contributed by atoms with Crippen LogP contribution in [0.2, 0.25) is 10.0 Å². The smallest absolute Gasteiger partial charge is 0.240 e. The van der Waals surface area contributed by atoms with Gasteiger partial charge < -0.3 is 10.1 Å². The fourth-order valence-corrected chi connectivity index (χ4v) is 3.14. The summed E-state index contributed by atoms with van der Waals surface area (Å²) in [5.74, 6) is -0.149. The Morgan fingerprint density at radius 2 is 1.62 bits per heavy atom. The van der Waals surface area contributed by atoms with Gasteiger partial charge in [-0.25, -0.2) is 9.82 Å². The van der Waals surface area contributed by atoms with E-state index in [2.05, 4.69) is 15.8 Å². The SMILES string of the molecule is O=C(CCCC(=O)Nc1ccc(Cl)c(Cl)c1)N/N=C\c1ccc(OCc2ccc(F)cc2)cc1. The molecule has 0 aromatic heterocycles. The summed E-state index contributed by atoms with van der Waals surface area (Å²) in [6, 6.07) is 18.1. The zero-order valence-electron chi connectivity index (χ0n) is 18.1. The average molecular weight is 502 g/mol. The predicted octanol–water partition coefficient (Wildman–Crippen LogP) is 5.97. The van der Waals surface area contributed by atoms with E-state index in [1.807, 2.05) is 0 Å². The molecule has 0 bridgehead atoms. The first kappa shape index (κ1) is 25.2. The molecule has 6 nitrogen and oxygen atoms in total. The highest BCUT2D eigenvalue weighted by atomic mass is 35.5. The third-order valence-electron chi connectivity index (χ3n) is 4.61. The van der Waals surface area contributed by atoms with Crippen LogP contribution in [0.25, 0.3) is 0 Å². The Kier molecular flexibility index (Phi) is 9.43. The molecular weight excluding hydrogens is 480 g/mol. The molecule has 0 aliphatic rings. The van der Waals surface area contributed by atoms with E-state index >= 15 is 0 Å². The van der Waals surface area contributed by atoms with Gasteiger partial charge in [0.15, 0.2) is 0 Å². The third kappa shape index (κ3) is 8.50. The topological polar surface area (TPSA) is 79.8 Å². The number of hydrogen-bond acceptors (Lipinski definition) is 4. The fourth-order valence-electron chi connectivity index (χ4n) is 2.84. The van der Waals surface area contributed by atoms with Crippen LogP contribution in [-0.4, -0.2) is 18.0 Å². The summed E-state index contributed by atoms with van der Waals surface area (Å²) in [6.45, 7) is 0.329. The molecule has 3 aromatic rings. The van der Waals surface area contributed by atoms with Crippen molar-refractivity contribution in [3.05, 3.63) is 93.7 Å². The summed E-state index contributed by atoms with van der Waals surface area (Å²) >= 11 is 11.8. The summed E-state index contributed by atoms with van der Waals surface area (Å²) in [4.78, 5) is 23.9. The maximum atomic E-state index is 12.9. The van der Waals surface area contributed by atoms with Crippen LogP contribution in [-0.2, 0) is 16.2 Å². The van der Waals surface area contributed by atoms with Gasteiger partial charge in [0.25, 0.3) is 0 Å². The van der Waals surface area contributed by atoms with Gasteiger partial charge in [0.1, 0.15) is 18.2 Å². The first-order valence-electron chi connectivity index (χ1n) is 10.4. The van der Waals surface area contributed by atoms with E-state index in [9.17, 15) is 14.0 Å². The molecule has 0 aliphatic carbocycles. The van der Waals surface area contributed by atoms with Crippen molar-refractivity contribution in [2.75, 3.05) is 5.32 Å². The number of hydrogen-bond donors (Lipinski definition) is 2. The molecule has 0 saturated heterocycles. The molecule has 0 fully saturated rings. The largest absolute Gasteiger partial charge is 0.489 e. The molecule has 0 saturated carbocycles. The summed E-state index contributed by atoms with van der Waals surface area (Å²) in [5, 5.41) is 7.39. The highest BCUT2D eigenvalue weighted by Crippen LogP contribution is 2.25. The number of benzene rings is 3. The van der Waals surface area contributed by atoms with Gasteiger partial charge in [0, 0.05) is 18.5 Å². The van der Waals surface area contributed by atoms with Crippen molar-refractivity contribution in [2.24, 2.45) is 5.10 Å². The minimum absolute atomic E-state index is 0.155. The van der Waals surface area contributed by atoms with Crippen LogP contribution >= 0.6 is 23.2 Å². The Balaban J connectivity index is 1.34. The maximum absolute atomic E-state index is 12.9. The summed E-state index contributed by atoms with van der Waals surface area (Å²) in [5.41, 5.74) is 4.62. The molecule has 0 heterocycles. The van der Waals surface area contributed by atoms with Crippen molar-refractivity contribution in [3.8, 4) is 5.75 Å². The highest BCUT2D eigenvalue weighted by Gasteiger charge is 2.07. The Morgan fingerprint density at radius 3 is 2.32 bits per heavy atom.